The normalized spacial score (nSPS) is 19.3. The van der Waals surface area contributed by atoms with E-state index in [1.54, 1.807) is 12.1 Å². The summed E-state index contributed by atoms with van der Waals surface area (Å²) in [6.07, 6.45) is 0.546. The van der Waals surface area contributed by atoms with Crippen molar-refractivity contribution >= 4 is 34.8 Å². The molecule has 1 saturated carbocycles. The van der Waals surface area contributed by atoms with Gasteiger partial charge in [-0.15, -0.1) is 0 Å². The molecule has 4 aromatic rings. The number of halogens is 4. The number of nitrogens with zero attached hydrogens (tertiary/aromatic N) is 7. The highest BCUT2D eigenvalue weighted by molar-refractivity contribution is 6.30. The number of alkyl halides is 3. The van der Waals surface area contributed by atoms with Crippen molar-refractivity contribution in [1.29, 1.82) is 0 Å². The third kappa shape index (κ3) is 3.93. The van der Waals surface area contributed by atoms with Crippen LogP contribution in [0.4, 0.5) is 24.8 Å². The van der Waals surface area contributed by atoms with E-state index in [0.717, 1.165) is 12.8 Å². The van der Waals surface area contributed by atoms with Gasteiger partial charge >= 0.3 is 6.18 Å². The molecular weight excluding hydrogens is 511 g/mol. The number of anilines is 2. The zero-order chi connectivity index (χ0) is 25.9. The van der Waals surface area contributed by atoms with Gasteiger partial charge in [0, 0.05) is 12.6 Å². The van der Waals surface area contributed by atoms with Gasteiger partial charge in [-0.25, -0.2) is 24.5 Å². The van der Waals surface area contributed by atoms with E-state index < -0.39 is 18.0 Å². The highest BCUT2D eigenvalue weighted by Crippen LogP contribution is 2.57. The van der Waals surface area contributed by atoms with Crippen LogP contribution >= 0.6 is 11.6 Å². The van der Waals surface area contributed by atoms with Gasteiger partial charge in [0.05, 0.1) is 28.2 Å². The Kier molecular flexibility index (Phi) is 5.30. The molecule has 0 radical (unpaired) electrons. The first kappa shape index (κ1) is 23.5. The zero-order valence-electron chi connectivity index (χ0n) is 19.1. The number of amides is 1. The Hall–Kier alpha value is -3.87. The van der Waals surface area contributed by atoms with Gasteiger partial charge in [0.2, 0.25) is 5.91 Å². The summed E-state index contributed by atoms with van der Waals surface area (Å²) in [5, 5.41) is 7.38. The quantitative estimate of drug-likeness (QED) is 0.385. The molecule has 37 heavy (non-hydrogen) atoms. The second-order valence-electron chi connectivity index (χ2n) is 9.12. The van der Waals surface area contributed by atoms with Crippen molar-refractivity contribution in [2.45, 2.75) is 43.7 Å². The van der Waals surface area contributed by atoms with Crippen molar-refractivity contribution in [3.63, 3.8) is 0 Å². The zero-order valence-corrected chi connectivity index (χ0v) is 19.9. The molecule has 5 heterocycles. The number of nitrogens with one attached hydrogen (secondary N) is 1. The molecule has 0 saturated heterocycles. The monoisotopic (exact) mass is 529 g/mol. The predicted octanol–water partition coefficient (Wildman–Crippen LogP) is 3.75. The van der Waals surface area contributed by atoms with E-state index in [2.05, 4.69) is 35.3 Å². The van der Waals surface area contributed by atoms with E-state index in [0.29, 0.717) is 27.6 Å². The van der Waals surface area contributed by atoms with Gasteiger partial charge in [-0.05, 0) is 43.7 Å². The van der Waals surface area contributed by atoms with Gasteiger partial charge in [0.15, 0.2) is 11.5 Å². The van der Waals surface area contributed by atoms with E-state index in [4.69, 9.17) is 17.3 Å². The number of nitrogen functional groups attached to an aromatic ring is 1. The molecule has 1 atom stereocenters. The van der Waals surface area contributed by atoms with Crippen LogP contribution in [0.25, 0.3) is 17.2 Å². The molecule has 1 aliphatic carbocycles. The van der Waals surface area contributed by atoms with E-state index in [9.17, 15) is 18.0 Å². The highest BCUT2D eigenvalue weighted by atomic mass is 35.5. The third-order valence-electron chi connectivity index (χ3n) is 6.68. The standard InChI is InChI=1S/C23H19ClF3N9O/c24-12-5-6-15(29-8-12)23(11-3-4-11)16-17(28)33-18(34-19(16)35-21(23)37)14-9-36-20(30-10-31-36)13(32-14)2-1-7-22(25,26)27/h5-6,8-11H,1-4,7H2,(H3,28,33,34,35,37). The predicted molar refractivity (Wildman–Crippen MR) is 127 cm³/mol. The maximum Gasteiger partial charge on any atom is 0.389 e. The number of hydrogen-bond acceptors (Lipinski definition) is 8. The Labute approximate surface area is 212 Å². The van der Waals surface area contributed by atoms with Gasteiger partial charge in [-0.1, -0.05) is 11.6 Å². The minimum absolute atomic E-state index is 0.0240. The average Bonchev–Trinajstić information content (AvgIpc) is 3.49. The Morgan fingerprint density at radius 3 is 2.70 bits per heavy atom. The fraction of sp³-hybridized carbons (Fsp3) is 0.348. The van der Waals surface area contributed by atoms with Crippen molar-refractivity contribution in [2.75, 3.05) is 11.1 Å². The topological polar surface area (TPSA) is 137 Å². The molecule has 1 aliphatic heterocycles. The summed E-state index contributed by atoms with van der Waals surface area (Å²) < 4.78 is 39.5. The molecule has 0 aromatic carbocycles. The summed E-state index contributed by atoms with van der Waals surface area (Å²) in [4.78, 5) is 35.5. The molecule has 1 amide bonds. The molecule has 0 bridgehead atoms. The number of fused-ring (bicyclic) bond motifs is 2. The van der Waals surface area contributed by atoms with Crippen molar-refractivity contribution in [3.05, 3.63) is 52.8 Å². The highest BCUT2D eigenvalue weighted by Gasteiger charge is 2.60. The number of pyridine rings is 1. The molecule has 14 heteroatoms. The SMILES string of the molecule is Nc1nc(-c2cn3ncnc3c(CCCC(F)(F)F)n2)nc2c1C(c1ccc(Cl)cn1)(C1CC1)C(=O)N2. The van der Waals surface area contributed by atoms with Crippen LogP contribution in [0.15, 0.2) is 30.9 Å². The Morgan fingerprint density at radius 1 is 1.19 bits per heavy atom. The minimum atomic E-state index is -4.27. The van der Waals surface area contributed by atoms with Gasteiger partial charge < -0.3 is 11.1 Å². The number of carbonyl (C=O) groups excluding carboxylic acids is 1. The van der Waals surface area contributed by atoms with Crippen LogP contribution in [0.3, 0.4) is 0 Å². The molecule has 6 rings (SSSR count). The average molecular weight is 530 g/mol. The van der Waals surface area contributed by atoms with Crippen LogP contribution in [0.1, 0.15) is 42.6 Å². The summed E-state index contributed by atoms with van der Waals surface area (Å²) in [6, 6.07) is 3.37. The largest absolute Gasteiger partial charge is 0.389 e. The van der Waals surface area contributed by atoms with E-state index in [1.807, 2.05) is 0 Å². The van der Waals surface area contributed by atoms with Gasteiger partial charge in [-0.2, -0.15) is 18.3 Å². The first-order valence-electron chi connectivity index (χ1n) is 11.5. The lowest BCUT2D eigenvalue weighted by atomic mass is 9.74. The molecule has 4 aromatic heterocycles. The van der Waals surface area contributed by atoms with Gasteiger partial charge in [-0.3, -0.25) is 9.78 Å². The van der Waals surface area contributed by atoms with E-state index in [1.165, 1.54) is 23.2 Å². The van der Waals surface area contributed by atoms with Crippen molar-refractivity contribution in [3.8, 4) is 11.5 Å². The molecular formula is C23H19ClF3N9O. The second-order valence-corrected chi connectivity index (χ2v) is 9.56. The minimum Gasteiger partial charge on any atom is -0.383 e. The molecule has 10 nitrogen and oxygen atoms in total. The number of hydrogen-bond donors (Lipinski definition) is 2. The lowest BCUT2D eigenvalue weighted by Crippen LogP contribution is -2.39. The van der Waals surface area contributed by atoms with Gasteiger partial charge in [0.25, 0.3) is 0 Å². The van der Waals surface area contributed by atoms with Crippen molar-refractivity contribution in [2.24, 2.45) is 5.92 Å². The number of rotatable bonds is 6. The summed E-state index contributed by atoms with van der Waals surface area (Å²) in [6.45, 7) is 0. The molecule has 3 N–H and O–H groups in total. The third-order valence-corrected chi connectivity index (χ3v) is 6.90. The Balaban J connectivity index is 1.43. The van der Waals surface area contributed by atoms with Crippen LogP contribution < -0.4 is 11.1 Å². The lowest BCUT2D eigenvalue weighted by Gasteiger charge is -2.27. The fourth-order valence-corrected chi connectivity index (χ4v) is 5.09. The summed E-state index contributed by atoms with van der Waals surface area (Å²) >= 11 is 6.03. The van der Waals surface area contributed by atoms with Crippen LogP contribution in [-0.4, -0.2) is 46.6 Å². The first-order valence-corrected chi connectivity index (χ1v) is 11.9. The van der Waals surface area contributed by atoms with Crippen LogP contribution in [0, 0.1) is 5.92 Å². The number of carbonyl (C=O) groups is 1. The van der Waals surface area contributed by atoms with E-state index >= 15 is 0 Å². The second kappa shape index (κ2) is 8.33. The van der Waals surface area contributed by atoms with Crippen LogP contribution in [0.5, 0.6) is 0 Å². The molecule has 190 valence electrons. The Morgan fingerprint density at radius 2 is 2.00 bits per heavy atom. The lowest BCUT2D eigenvalue weighted by molar-refractivity contribution is -0.135. The molecule has 1 fully saturated rings. The molecule has 2 aliphatic rings. The Bertz CT molecular complexity index is 1540. The number of aromatic nitrogens is 7. The summed E-state index contributed by atoms with van der Waals surface area (Å²) in [5.74, 6) is 0.104. The fourth-order valence-electron chi connectivity index (χ4n) is 4.98. The first-order chi connectivity index (χ1) is 17.7. The number of aryl methyl sites for hydroxylation is 1. The van der Waals surface area contributed by atoms with Crippen LogP contribution in [0.2, 0.25) is 5.02 Å². The number of nitrogens with two attached hydrogens (primary N) is 1. The van der Waals surface area contributed by atoms with Crippen LogP contribution in [-0.2, 0) is 16.6 Å². The van der Waals surface area contributed by atoms with Crippen molar-refractivity contribution in [1.82, 2.24) is 34.5 Å². The maximum absolute atomic E-state index is 13.5. The van der Waals surface area contributed by atoms with Gasteiger partial charge in [0.1, 0.15) is 29.1 Å². The summed E-state index contributed by atoms with van der Waals surface area (Å²) in [7, 11) is 0. The molecule has 0 spiro atoms. The van der Waals surface area contributed by atoms with Crippen molar-refractivity contribution < 1.29 is 18.0 Å². The molecule has 1 unspecified atom stereocenters. The maximum atomic E-state index is 13.5. The summed E-state index contributed by atoms with van der Waals surface area (Å²) in [5.41, 5.74) is 7.17. The van der Waals surface area contributed by atoms with E-state index in [-0.39, 0.29) is 47.8 Å². The smallest absolute Gasteiger partial charge is 0.383 e.